The first-order valence-corrected chi connectivity index (χ1v) is 10.8. The maximum Gasteiger partial charge on any atom is 0.365 e. The van der Waals surface area contributed by atoms with Gasteiger partial charge in [0.05, 0.1) is 25.4 Å². The molecule has 1 aliphatic rings. The predicted octanol–water partition coefficient (Wildman–Crippen LogP) is -1.83. The number of halogens is 1. The summed E-state index contributed by atoms with van der Waals surface area (Å²) in [5.41, 5.74) is 11.3. The molecule has 0 aliphatic heterocycles. The van der Waals surface area contributed by atoms with Crippen molar-refractivity contribution in [1.29, 1.82) is 0 Å². The third kappa shape index (κ3) is 5.28. The van der Waals surface area contributed by atoms with E-state index in [4.69, 9.17) is 33.6 Å². The fourth-order valence-electron chi connectivity index (χ4n) is 3.07. The number of aliphatic hydroxyl groups is 2. The molecule has 2 rings (SSSR count). The summed E-state index contributed by atoms with van der Waals surface area (Å²) in [6, 6.07) is -0.933. The Hall–Kier alpha value is -1.77. The zero-order valence-corrected chi connectivity index (χ0v) is 17.5. The van der Waals surface area contributed by atoms with Crippen LogP contribution in [0.1, 0.15) is 13.3 Å². The lowest BCUT2D eigenvalue weighted by Gasteiger charge is -2.28. The number of carbonyl (C=O) groups is 1. The zero-order chi connectivity index (χ0) is 22.8. The molecule has 30 heavy (non-hydrogen) atoms. The van der Waals surface area contributed by atoms with Crippen molar-refractivity contribution >= 4 is 42.5 Å². The Morgan fingerprint density at radius 1 is 1.33 bits per heavy atom. The van der Waals surface area contributed by atoms with E-state index < -0.39 is 50.2 Å². The second kappa shape index (κ2) is 9.58. The Bertz CT molecular complexity index is 828. The van der Waals surface area contributed by atoms with E-state index in [-0.39, 0.29) is 35.6 Å². The molecule has 5 atom stereocenters. The van der Waals surface area contributed by atoms with E-state index in [1.165, 1.54) is 6.92 Å². The molecule has 1 aliphatic carbocycles. The Morgan fingerprint density at radius 3 is 2.53 bits per heavy atom. The standard InChI is InChI=1S/C14H24ClN6O8P/c1-2-28-12(24)13(30(25,26)27)29-4-5-3-6(9(23)8(5)22)21(18)11-7(16)10(17)19-14(15)20-11/h5-6,8-9,13,22-23H,2-4,16,18H2,1H3,(H2,17,19,20)(H2,25,26,27). The average molecular weight is 471 g/mol. The number of hydrogen-bond donors (Lipinski definition) is 7. The van der Waals surface area contributed by atoms with Crippen LogP contribution in [0.3, 0.4) is 0 Å². The summed E-state index contributed by atoms with van der Waals surface area (Å²) in [5.74, 6) is 1.55. The summed E-state index contributed by atoms with van der Waals surface area (Å²) in [5, 5.41) is 21.4. The van der Waals surface area contributed by atoms with Gasteiger partial charge in [-0.25, -0.2) is 10.6 Å². The topological polar surface area (TPSA) is 241 Å². The summed E-state index contributed by atoms with van der Waals surface area (Å²) in [7, 11) is -4.99. The smallest absolute Gasteiger partial charge is 0.365 e. The highest BCUT2D eigenvalue weighted by atomic mass is 35.5. The molecule has 16 heteroatoms. The van der Waals surface area contributed by atoms with Crippen LogP contribution in [0.4, 0.5) is 17.3 Å². The van der Waals surface area contributed by atoms with E-state index in [0.29, 0.717) is 0 Å². The third-order valence-corrected chi connectivity index (χ3v) is 5.70. The lowest BCUT2D eigenvalue weighted by molar-refractivity contribution is -0.153. The van der Waals surface area contributed by atoms with Crippen molar-refractivity contribution < 1.29 is 38.8 Å². The van der Waals surface area contributed by atoms with E-state index in [1.807, 2.05) is 0 Å². The van der Waals surface area contributed by atoms with E-state index in [9.17, 15) is 29.4 Å². The maximum atomic E-state index is 11.8. The normalized spacial score (nSPS) is 25.2. The number of nitrogens with zero attached hydrogens (tertiary/aromatic N) is 3. The fraction of sp³-hybridized carbons (Fsp3) is 0.643. The Morgan fingerprint density at radius 2 is 1.97 bits per heavy atom. The van der Waals surface area contributed by atoms with Gasteiger partial charge in [0.2, 0.25) is 5.28 Å². The molecule has 1 heterocycles. The Kier molecular flexibility index (Phi) is 7.82. The third-order valence-electron chi connectivity index (χ3n) is 4.56. The van der Waals surface area contributed by atoms with E-state index >= 15 is 0 Å². The van der Waals surface area contributed by atoms with Crippen LogP contribution < -0.4 is 22.3 Å². The Labute approximate surface area is 176 Å². The second-order valence-corrected chi connectivity index (χ2v) is 8.58. The number of carbonyl (C=O) groups excluding carboxylic acids is 1. The van der Waals surface area contributed by atoms with Gasteiger partial charge in [0.1, 0.15) is 11.8 Å². The average Bonchev–Trinajstić information content (AvgIpc) is 2.92. The van der Waals surface area contributed by atoms with Crippen molar-refractivity contribution in [2.75, 3.05) is 29.7 Å². The number of nitrogens with two attached hydrogens (primary N) is 3. The summed E-state index contributed by atoms with van der Waals surface area (Å²) >= 11 is 5.76. The van der Waals surface area contributed by atoms with Gasteiger partial charge in [0, 0.05) is 5.92 Å². The first kappa shape index (κ1) is 24.5. The fourth-order valence-corrected chi connectivity index (χ4v) is 3.87. The number of anilines is 3. The van der Waals surface area contributed by atoms with Crippen LogP contribution in [0.5, 0.6) is 0 Å². The number of hydrazine groups is 1. The second-order valence-electron chi connectivity index (χ2n) is 6.59. The van der Waals surface area contributed by atoms with Crippen molar-refractivity contribution in [3.05, 3.63) is 5.28 Å². The summed E-state index contributed by atoms with van der Waals surface area (Å²) in [6.07, 6.45) is -2.80. The minimum atomic E-state index is -4.99. The van der Waals surface area contributed by atoms with Crippen LogP contribution in [0, 0.1) is 5.92 Å². The molecule has 0 aromatic carbocycles. The highest BCUT2D eigenvalue weighted by molar-refractivity contribution is 7.53. The summed E-state index contributed by atoms with van der Waals surface area (Å²) < 4.78 is 21.2. The molecule has 0 bridgehead atoms. The number of ether oxygens (including phenoxy) is 2. The quantitative estimate of drug-likeness (QED) is 0.0726. The first-order valence-electron chi connectivity index (χ1n) is 8.70. The lowest BCUT2D eigenvalue weighted by atomic mass is 10.1. The van der Waals surface area contributed by atoms with Crippen LogP contribution in [-0.4, -0.2) is 73.2 Å². The zero-order valence-electron chi connectivity index (χ0n) is 15.8. The highest BCUT2D eigenvalue weighted by Crippen LogP contribution is 2.43. The van der Waals surface area contributed by atoms with Crippen molar-refractivity contribution in [2.45, 2.75) is 37.4 Å². The van der Waals surface area contributed by atoms with Gasteiger partial charge in [-0.05, 0) is 24.9 Å². The van der Waals surface area contributed by atoms with Crippen molar-refractivity contribution in [1.82, 2.24) is 9.97 Å². The SMILES string of the molecule is CCOC(=O)C(OCC1CC(N(N)c2nc(Cl)nc(N)c2N)C(O)C1O)P(=O)(O)O. The molecule has 14 nitrogen and oxygen atoms in total. The van der Waals surface area contributed by atoms with Crippen molar-refractivity contribution in [3.8, 4) is 0 Å². The number of hydrogen-bond acceptors (Lipinski definition) is 12. The minimum Gasteiger partial charge on any atom is -0.464 e. The molecule has 1 fully saturated rings. The molecule has 170 valence electrons. The van der Waals surface area contributed by atoms with Crippen molar-refractivity contribution in [2.24, 2.45) is 11.8 Å². The molecule has 10 N–H and O–H groups in total. The molecular weight excluding hydrogens is 447 g/mol. The number of nitrogen functional groups attached to an aromatic ring is 2. The molecule has 0 radical (unpaired) electrons. The van der Waals surface area contributed by atoms with Gasteiger partial charge in [-0.2, -0.15) is 9.97 Å². The monoisotopic (exact) mass is 470 g/mol. The molecular formula is C14H24ClN6O8P. The van der Waals surface area contributed by atoms with Gasteiger partial charge in [-0.15, -0.1) is 0 Å². The van der Waals surface area contributed by atoms with E-state index in [2.05, 4.69) is 14.7 Å². The van der Waals surface area contributed by atoms with Gasteiger partial charge < -0.3 is 40.9 Å². The number of aliphatic hydroxyl groups excluding tert-OH is 2. The van der Waals surface area contributed by atoms with Gasteiger partial charge in [0.25, 0.3) is 5.85 Å². The van der Waals surface area contributed by atoms with Crippen LogP contribution in [0.25, 0.3) is 0 Å². The van der Waals surface area contributed by atoms with Gasteiger partial charge in [-0.1, -0.05) is 0 Å². The molecule has 1 aromatic rings. The number of rotatable bonds is 8. The molecule has 5 unspecified atom stereocenters. The lowest BCUT2D eigenvalue weighted by Crippen LogP contribution is -2.48. The van der Waals surface area contributed by atoms with Crippen molar-refractivity contribution in [3.63, 3.8) is 0 Å². The van der Waals surface area contributed by atoms with Gasteiger partial charge in [-0.3, -0.25) is 9.57 Å². The molecule has 0 spiro atoms. The molecule has 1 aromatic heterocycles. The number of esters is 1. The highest BCUT2D eigenvalue weighted by Gasteiger charge is 2.46. The largest absolute Gasteiger partial charge is 0.464 e. The van der Waals surface area contributed by atoms with Crippen LogP contribution >= 0.6 is 19.2 Å². The Balaban J connectivity index is 2.15. The summed E-state index contributed by atoms with van der Waals surface area (Å²) in [6.45, 7) is 0.878. The van der Waals surface area contributed by atoms with Crippen LogP contribution in [0.2, 0.25) is 5.28 Å². The first-order chi connectivity index (χ1) is 13.9. The predicted molar refractivity (Wildman–Crippen MR) is 105 cm³/mol. The number of aromatic nitrogens is 2. The van der Waals surface area contributed by atoms with E-state index in [1.54, 1.807) is 0 Å². The minimum absolute atomic E-state index is 0.00347. The van der Waals surface area contributed by atoms with Crippen LogP contribution in [-0.2, 0) is 18.8 Å². The molecule has 1 saturated carbocycles. The maximum absolute atomic E-state index is 11.8. The van der Waals surface area contributed by atoms with E-state index in [0.717, 1.165) is 5.01 Å². The molecule has 0 amide bonds. The van der Waals surface area contributed by atoms with Gasteiger partial charge in [0.15, 0.2) is 11.6 Å². The van der Waals surface area contributed by atoms with Crippen LogP contribution in [0.15, 0.2) is 0 Å². The summed E-state index contributed by atoms with van der Waals surface area (Å²) in [4.78, 5) is 38.0. The van der Waals surface area contributed by atoms with Gasteiger partial charge >= 0.3 is 13.6 Å². The molecule has 0 saturated heterocycles.